The van der Waals surface area contributed by atoms with Gasteiger partial charge in [0.2, 0.25) is 0 Å². The zero-order valence-electron chi connectivity index (χ0n) is 11.8. The summed E-state index contributed by atoms with van der Waals surface area (Å²) >= 11 is 5.87. The summed E-state index contributed by atoms with van der Waals surface area (Å²) in [7, 11) is 0. The quantitative estimate of drug-likeness (QED) is 0.927. The number of amides is 1. The van der Waals surface area contributed by atoms with E-state index < -0.39 is 12.1 Å². The van der Waals surface area contributed by atoms with Gasteiger partial charge in [0.15, 0.2) is 6.10 Å². The van der Waals surface area contributed by atoms with Crippen molar-refractivity contribution in [3.05, 3.63) is 29.3 Å². The summed E-state index contributed by atoms with van der Waals surface area (Å²) in [5, 5.41) is 9.50. The van der Waals surface area contributed by atoms with E-state index in [0.29, 0.717) is 36.7 Å². The summed E-state index contributed by atoms with van der Waals surface area (Å²) in [5.41, 5.74) is 0. The summed E-state index contributed by atoms with van der Waals surface area (Å²) in [4.78, 5) is 24.8. The van der Waals surface area contributed by atoms with Crippen LogP contribution in [-0.4, -0.2) is 41.1 Å². The number of carbonyl (C=O) groups is 2. The molecule has 0 saturated carbocycles. The molecule has 2 rings (SSSR count). The lowest BCUT2D eigenvalue weighted by molar-refractivity contribution is -0.147. The molecule has 0 aromatic heterocycles. The summed E-state index contributed by atoms with van der Waals surface area (Å²) in [6, 6.07) is 6.89. The number of carbonyl (C=O) groups excluding carboxylic acids is 1. The molecular weight excluding hydrogens is 294 g/mol. The van der Waals surface area contributed by atoms with Crippen LogP contribution < -0.4 is 4.74 Å². The Labute approximate surface area is 128 Å². The lowest BCUT2D eigenvalue weighted by Gasteiger charge is -2.32. The molecule has 21 heavy (non-hydrogen) atoms. The van der Waals surface area contributed by atoms with Gasteiger partial charge in [0.25, 0.3) is 5.91 Å². The molecule has 1 aromatic rings. The Morgan fingerprint density at radius 2 is 2.05 bits per heavy atom. The molecule has 0 unspecified atom stereocenters. The van der Waals surface area contributed by atoms with E-state index in [4.69, 9.17) is 21.4 Å². The second-order valence-electron chi connectivity index (χ2n) is 5.16. The molecule has 1 aliphatic rings. The minimum absolute atomic E-state index is 0.126. The molecule has 1 aromatic carbocycles. The Bertz CT molecular complexity index is 526. The van der Waals surface area contributed by atoms with E-state index >= 15 is 0 Å². The van der Waals surface area contributed by atoms with E-state index in [-0.39, 0.29) is 11.8 Å². The number of ether oxygens (including phenoxy) is 1. The number of likely N-dealkylation sites (tertiary alicyclic amines) is 1. The van der Waals surface area contributed by atoms with E-state index in [2.05, 4.69) is 0 Å². The van der Waals surface area contributed by atoms with Crippen molar-refractivity contribution < 1.29 is 19.4 Å². The van der Waals surface area contributed by atoms with Gasteiger partial charge >= 0.3 is 5.97 Å². The molecule has 0 aliphatic carbocycles. The van der Waals surface area contributed by atoms with Crippen LogP contribution in [-0.2, 0) is 9.59 Å². The first-order chi connectivity index (χ1) is 9.97. The van der Waals surface area contributed by atoms with E-state index in [9.17, 15) is 9.59 Å². The van der Waals surface area contributed by atoms with Gasteiger partial charge in [-0.3, -0.25) is 9.59 Å². The predicted molar refractivity (Wildman–Crippen MR) is 78.5 cm³/mol. The normalized spacial score (nSPS) is 17.3. The highest BCUT2D eigenvalue weighted by atomic mass is 35.5. The number of hydrogen-bond donors (Lipinski definition) is 1. The van der Waals surface area contributed by atoms with Crippen molar-refractivity contribution in [3.63, 3.8) is 0 Å². The largest absolute Gasteiger partial charge is 0.481 e. The van der Waals surface area contributed by atoms with Crippen LogP contribution in [0.3, 0.4) is 0 Å². The number of hydrogen-bond acceptors (Lipinski definition) is 3. The van der Waals surface area contributed by atoms with Gasteiger partial charge in [0.05, 0.1) is 5.92 Å². The average Bonchev–Trinajstić information content (AvgIpc) is 2.46. The first-order valence-electron chi connectivity index (χ1n) is 6.91. The third-order valence-corrected chi connectivity index (χ3v) is 3.85. The molecule has 1 saturated heterocycles. The van der Waals surface area contributed by atoms with Gasteiger partial charge in [-0.25, -0.2) is 0 Å². The maximum Gasteiger partial charge on any atom is 0.306 e. The summed E-state index contributed by atoms with van der Waals surface area (Å²) in [5.74, 6) is -0.717. The highest BCUT2D eigenvalue weighted by molar-refractivity contribution is 6.30. The SMILES string of the molecule is C[C@@H](Oc1cccc(Cl)c1)C(=O)N1CCC(C(=O)O)CC1. The Morgan fingerprint density at radius 3 is 2.62 bits per heavy atom. The molecule has 114 valence electrons. The topological polar surface area (TPSA) is 66.8 Å². The van der Waals surface area contributed by atoms with Crippen LogP contribution in [0.15, 0.2) is 24.3 Å². The van der Waals surface area contributed by atoms with Crippen molar-refractivity contribution >= 4 is 23.5 Å². The van der Waals surface area contributed by atoms with Gasteiger partial charge in [-0.15, -0.1) is 0 Å². The highest BCUT2D eigenvalue weighted by Crippen LogP contribution is 2.21. The van der Waals surface area contributed by atoms with Gasteiger partial charge in [0.1, 0.15) is 5.75 Å². The summed E-state index contributed by atoms with van der Waals surface area (Å²) in [6.45, 7) is 2.60. The van der Waals surface area contributed by atoms with Crippen LogP contribution in [0.1, 0.15) is 19.8 Å². The van der Waals surface area contributed by atoms with Crippen LogP contribution in [0.25, 0.3) is 0 Å². The minimum atomic E-state index is -0.787. The lowest BCUT2D eigenvalue weighted by atomic mass is 9.97. The van der Waals surface area contributed by atoms with Gasteiger partial charge in [0, 0.05) is 18.1 Å². The molecule has 5 nitrogen and oxygen atoms in total. The predicted octanol–water partition coefficient (Wildman–Crippen LogP) is 2.43. The van der Waals surface area contributed by atoms with E-state index in [1.165, 1.54) is 0 Å². The van der Waals surface area contributed by atoms with Crippen LogP contribution >= 0.6 is 11.6 Å². The average molecular weight is 312 g/mol. The molecule has 1 atom stereocenters. The number of nitrogens with zero attached hydrogens (tertiary/aromatic N) is 1. The van der Waals surface area contributed by atoms with Crippen LogP contribution in [0, 0.1) is 5.92 Å². The molecule has 1 heterocycles. The second kappa shape index (κ2) is 6.80. The van der Waals surface area contributed by atoms with Crippen molar-refractivity contribution in [1.82, 2.24) is 4.90 Å². The fraction of sp³-hybridized carbons (Fsp3) is 0.467. The maximum absolute atomic E-state index is 12.3. The Morgan fingerprint density at radius 1 is 1.38 bits per heavy atom. The smallest absolute Gasteiger partial charge is 0.306 e. The van der Waals surface area contributed by atoms with Crippen LogP contribution in [0.4, 0.5) is 0 Å². The number of rotatable bonds is 4. The molecule has 1 fully saturated rings. The van der Waals surface area contributed by atoms with Crippen molar-refractivity contribution in [1.29, 1.82) is 0 Å². The van der Waals surface area contributed by atoms with Gasteiger partial charge in [-0.1, -0.05) is 17.7 Å². The zero-order valence-corrected chi connectivity index (χ0v) is 12.5. The lowest BCUT2D eigenvalue weighted by Crippen LogP contribution is -2.45. The zero-order chi connectivity index (χ0) is 15.4. The fourth-order valence-electron chi connectivity index (χ4n) is 2.40. The first-order valence-corrected chi connectivity index (χ1v) is 7.29. The van der Waals surface area contributed by atoms with Crippen molar-refractivity contribution in [2.24, 2.45) is 5.92 Å². The van der Waals surface area contributed by atoms with Crippen molar-refractivity contribution in [2.75, 3.05) is 13.1 Å². The van der Waals surface area contributed by atoms with Crippen molar-refractivity contribution in [2.45, 2.75) is 25.9 Å². The van der Waals surface area contributed by atoms with E-state index in [0.717, 1.165) is 0 Å². The standard InChI is InChI=1S/C15H18ClNO4/c1-10(21-13-4-2-3-12(16)9-13)14(18)17-7-5-11(6-8-17)15(19)20/h2-4,9-11H,5-8H2,1H3,(H,19,20)/t10-/m1/s1. The number of benzene rings is 1. The first kappa shape index (κ1) is 15.6. The van der Waals surface area contributed by atoms with Gasteiger partial charge in [-0.05, 0) is 38.0 Å². The third-order valence-electron chi connectivity index (χ3n) is 3.61. The molecule has 0 bridgehead atoms. The van der Waals surface area contributed by atoms with Crippen LogP contribution in [0.2, 0.25) is 5.02 Å². The van der Waals surface area contributed by atoms with Crippen LogP contribution in [0.5, 0.6) is 5.75 Å². The minimum Gasteiger partial charge on any atom is -0.481 e. The van der Waals surface area contributed by atoms with Crippen molar-refractivity contribution in [3.8, 4) is 5.75 Å². The fourth-order valence-corrected chi connectivity index (χ4v) is 2.58. The molecule has 0 spiro atoms. The number of piperidine rings is 1. The Kier molecular flexibility index (Phi) is 5.07. The second-order valence-corrected chi connectivity index (χ2v) is 5.59. The van der Waals surface area contributed by atoms with Gasteiger partial charge in [-0.2, -0.15) is 0 Å². The summed E-state index contributed by atoms with van der Waals surface area (Å²) < 4.78 is 5.59. The number of carboxylic acids is 1. The molecule has 6 heteroatoms. The third kappa shape index (κ3) is 4.11. The highest BCUT2D eigenvalue weighted by Gasteiger charge is 2.29. The summed E-state index contributed by atoms with van der Waals surface area (Å²) in [6.07, 6.45) is 0.362. The molecule has 1 N–H and O–H groups in total. The molecular formula is C15H18ClNO4. The van der Waals surface area contributed by atoms with E-state index in [1.807, 2.05) is 0 Å². The van der Waals surface area contributed by atoms with E-state index in [1.54, 1.807) is 36.1 Å². The number of carboxylic acid groups (broad SMARTS) is 1. The number of halogens is 1. The monoisotopic (exact) mass is 311 g/mol. The molecule has 0 radical (unpaired) electrons. The Balaban J connectivity index is 1.90. The molecule has 1 amide bonds. The number of aliphatic carboxylic acids is 1. The molecule has 1 aliphatic heterocycles. The van der Waals surface area contributed by atoms with Gasteiger partial charge < -0.3 is 14.7 Å². The Hall–Kier alpha value is -1.75. The maximum atomic E-state index is 12.3.